The van der Waals surface area contributed by atoms with Crippen molar-refractivity contribution in [2.45, 2.75) is 12.8 Å². The van der Waals surface area contributed by atoms with Crippen LogP contribution in [0.2, 0.25) is 0 Å². The maximum Gasteiger partial charge on any atom is 0.435 e. The summed E-state index contributed by atoms with van der Waals surface area (Å²) in [5.74, 6) is 0.203. The van der Waals surface area contributed by atoms with E-state index in [9.17, 15) is 13.2 Å². The van der Waals surface area contributed by atoms with Crippen LogP contribution in [0.5, 0.6) is 11.6 Å². The molecule has 5 nitrogen and oxygen atoms in total. The molecule has 2 rings (SSSR count). The van der Waals surface area contributed by atoms with Crippen molar-refractivity contribution < 1.29 is 27.8 Å². The fraction of sp³-hybridized carbons (Fsp3) is 0.308. The summed E-state index contributed by atoms with van der Waals surface area (Å²) in [4.78, 5) is 0. The molecule has 8 heteroatoms. The highest BCUT2D eigenvalue weighted by Crippen LogP contribution is 2.34. The number of rotatable bonds is 4. The van der Waals surface area contributed by atoms with Gasteiger partial charge < -0.3 is 14.6 Å². The normalized spacial score (nSPS) is 11.5. The summed E-state index contributed by atoms with van der Waals surface area (Å²) in [5.41, 5.74) is -0.215. The van der Waals surface area contributed by atoms with E-state index in [0.29, 0.717) is 5.56 Å². The molecule has 0 radical (unpaired) electrons. The second kappa shape index (κ2) is 5.65. The fourth-order valence-corrected chi connectivity index (χ4v) is 1.82. The SMILES string of the molecule is COc1cc(CO)ccc1-n1nc(C(F)(F)F)cc1OC. The van der Waals surface area contributed by atoms with Crippen molar-refractivity contribution in [1.82, 2.24) is 9.78 Å². The predicted molar refractivity (Wildman–Crippen MR) is 67.6 cm³/mol. The Hall–Kier alpha value is -2.22. The summed E-state index contributed by atoms with van der Waals surface area (Å²) in [6, 6.07) is 5.38. The quantitative estimate of drug-likeness (QED) is 0.942. The third kappa shape index (κ3) is 2.94. The molecule has 0 atom stereocenters. The first-order valence-corrected chi connectivity index (χ1v) is 5.90. The monoisotopic (exact) mass is 302 g/mol. The first-order chi connectivity index (χ1) is 9.90. The molecule has 0 saturated carbocycles. The average molecular weight is 302 g/mol. The molecular weight excluding hydrogens is 289 g/mol. The van der Waals surface area contributed by atoms with Crippen LogP contribution in [0, 0.1) is 0 Å². The number of ether oxygens (including phenoxy) is 2. The number of hydrogen-bond acceptors (Lipinski definition) is 4. The first kappa shape index (κ1) is 15.2. The molecule has 2 aromatic rings. The first-order valence-electron chi connectivity index (χ1n) is 5.90. The van der Waals surface area contributed by atoms with Crippen LogP contribution in [-0.2, 0) is 12.8 Å². The molecular formula is C13H13F3N2O3. The van der Waals surface area contributed by atoms with Crippen LogP contribution in [0.3, 0.4) is 0 Å². The van der Waals surface area contributed by atoms with Crippen molar-refractivity contribution in [2.24, 2.45) is 0 Å². The van der Waals surface area contributed by atoms with Crippen molar-refractivity contribution in [1.29, 1.82) is 0 Å². The largest absolute Gasteiger partial charge is 0.494 e. The number of benzene rings is 1. The van der Waals surface area contributed by atoms with E-state index >= 15 is 0 Å². The van der Waals surface area contributed by atoms with Gasteiger partial charge in [0.15, 0.2) is 5.69 Å². The molecule has 1 aromatic carbocycles. The fourth-order valence-electron chi connectivity index (χ4n) is 1.82. The molecule has 0 amide bonds. The van der Waals surface area contributed by atoms with E-state index in [-0.39, 0.29) is 23.9 Å². The molecule has 0 aliphatic rings. The average Bonchev–Trinajstić information content (AvgIpc) is 2.90. The van der Waals surface area contributed by atoms with Crippen molar-refractivity contribution in [3.8, 4) is 17.3 Å². The maximum atomic E-state index is 12.7. The lowest BCUT2D eigenvalue weighted by Crippen LogP contribution is -2.08. The van der Waals surface area contributed by atoms with Gasteiger partial charge in [0.05, 0.1) is 20.8 Å². The van der Waals surface area contributed by atoms with E-state index in [2.05, 4.69) is 5.10 Å². The maximum absolute atomic E-state index is 12.7. The van der Waals surface area contributed by atoms with Gasteiger partial charge in [0, 0.05) is 6.07 Å². The van der Waals surface area contributed by atoms with Gasteiger partial charge in [-0.05, 0) is 17.7 Å². The predicted octanol–water partition coefficient (Wildman–Crippen LogP) is 2.40. The van der Waals surface area contributed by atoms with Crippen LogP contribution in [0.4, 0.5) is 13.2 Å². The topological polar surface area (TPSA) is 56.5 Å². The Balaban J connectivity index is 2.58. The zero-order valence-corrected chi connectivity index (χ0v) is 11.3. The van der Waals surface area contributed by atoms with E-state index in [1.165, 1.54) is 26.4 Å². The molecule has 0 aliphatic heterocycles. The Kier molecular flexibility index (Phi) is 4.08. The zero-order chi connectivity index (χ0) is 15.6. The summed E-state index contributed by atoms with van der Waals surface area (Å²) in [5, 5.41) is 12.6. The van der Waals surface area contributed by atoms with Gasteiger partial charge in [-0.3, -0.25) is 0 Å². The number of halogens is 3. The third-order valence-electron chi connectivity index (χ3n) is 2.83. The zero-order valence-electron chi connectivity index (χ0n) is 11.3. The van der Waals surface area contributed by atoms with E-state index in [4.69, 9.17) is 14.6 Å². The summed E-state index contributed by atoms with van der Waals surface area (Å²) < 4.78 is 49.3. The summed E-state index contributed by atoms with van der Waals surface area (Å²) >= 11 is 0. The van der Waals surface area contributed by atoms with Crippen molar-refractivity contribution >= 4 is 0 Å². The molecule has 0 bridgehead atoms. The van der Waals surface area contributed by atoms with E-state index in [1.807, 2.05) is 0 Å². The van der Waals surface area contributed by atoms with Gasteiger partial charge in [0.25, 0.3) is 0 Å². The van der Waals surface area contributed by atoms with Gasteiger partial charge in [0.1, 0.15) is 11.4 Å². The van der Waals surface area contributed by atoms with Gasteiger partial charge in [-0.15, -0.1) is 0 Å². The molecule has 21 heavy (non-hydrogen) atoms. The van der Waals surface area contributed by atoms with Crippen LogP contribution in [0.1, 0.15) is 11.3 Å². The summed E-state index contributed by atoms with van der Waals surface area (Å²) in [6.07, 6.45) is -4.57. The second-order valence-electron chi connectivity index (χ2n) is 4.15. The van der Waals surface area contributed by atoms with Crippen LogP contribution in [-0.4, -0.2) is 29.1 Å². The van der Waals surface area contributed by atoms with Gasteiger partial charge in [-0.2, -0.15) is 23.0 Å². The van der Waals surface area contributed by atoms with Gasteiger partial charge >= 0.3 is 6.18 Å². The number of alkyl halides is 3. The molecule has 1 N–H and O–H groups in total. The van der Waals surface area contributed by atoms with Gasteiger partial charge in [0.2, 0.25) is 5.88 Å². The molecule has 0 spiro atoms. The number of nitrogens with zero attached hydrogens (tertiary/aromatic N) is 2. The van der Waals surface area contributed by atoms with E-state index in [0.717, 1.165) is 10.7 Å². The molecule has 114 valence electrons. The minimum Gasteiger partial charge on any atom is -0.494 e. The minimum atomic E-state index is -4.57. The molecule has 0 aliphatic carbocycles. The third-order valence-corrected chi connectivity index (χ3v) is 2.83. The van der Waals surface area contributed by atoms with Crippen molar-refractivity contribution in [2.75, 3.05) is 14.2 Å². The Bertz CT molecular complexity index is 638. The molecule has 1 heterocycles. The molecule has 1 aromatic heterocycles. The van der Waals surface area contributed by atoms with E-state index < -0.39 is 11.9 Å². The molecule has 0 fully saturated rings. The number of methoxy groups -OCH3 is 2. The Morgan fingerprint density at radius 3 is 2.43 bits per heavy atom. The number of hydrogen-bond donors (Lipinski definition) is 1. The molecule has 0 unspecified atom stereocenters. The Morgan fingerprint density at radius 2 is 1.90 bits per heavy atom. The van der Waals surface area contributed by atoms with Gasteiger partial charge in [-0.1, -0.05) is 6.07 Å². The lowest BCUT2D eigenvalue weighted by atomic mass is 10.2. The van der Waals surface area contributed by atoms with Crippen LogP contribution < -0.4 is 9.47 Å². The number of aromatic nitrogens is 2. The number of aliphatic hydroxyl groups is 1. The highest BCUT2D eigenvalue weighted by molar-refractivity contribution is 5.50. The summed E-state index contributed by atoms with van der Waals surface area (Å²) in [6.45, 7) is -0.208. The highest BCUT2D eigenvalue weighted by atomic mass is 19.4. The lowest BCUT2D eigenvalue weighted by Gasteiger charge is -2.12. The minimum absolute atomic E-state index is 0.0719. The van der Waals surface area contributed by atoms with Crippen LogP contribution in [0.25, 0.3) is 5.69 Å². The van der Waals surface area contributed by atoms with E-state index in [1.54, 1.807) is 6.07 Å². The number of aliphatic hydroxyl groups excluding tert-OH is 1. The molecule has 0 saturated heterocycles. The van der Waals surface area contributed by atoms with Crippen LogP contribution in [0.15, 0.2) is 24.3 Å². The highest BCUT2D eigenvalue weighted by Gasteiger charge is 2.35. The smallest absolute Gasteiger partial charge is 0.435 e. The second-order valence-corrected chi connectivity index (χ2v) is 4.15. The van der Waals surface area contributed by atoms with Crippen molar-refractivity contribution in [3.63, 3.8) is 0 Å². The standard InChI is InChI=1S/C13H13F3N2O3/c1-20-10-5-8(7-19)3-4-9(10)18-12(21-2)6-11(17-18)13(14,15)16/h3-6,19H,7H2,1-2H3. The Morgan fingerprint density at radius 1 is 1.19 bits per heavy atom. The van der Waals surface area contributed by atoms with Gasteiger partial charge in [-0.25, -0.2) is 0 Å². The Labute approximate surface area is 118 Å². The van der Waals surface area contributed by atoms with Crippen LogP contribution >= 0.6 is 0 Å². The lowest BCUT2D eigenvalue weighted by molar-refractivity contribution is -0.141. The summed E-state index contributed by atoms with van der Waals surface area (Å²) in [7, 11) is 2.63. The van der Waals surface area contributed by atoms with Crippen molar-refractivity contribution in [3.05, 3.63) is 35.5 Å².